The Balaban J connectivity index is 0.00000100. The van der Waals surface area contributed by atoms with Crippen LogP contribution >= 0.6 is 0 Å². The van der Waals surface area contributed by atoms with Crippen LogP contribution in [0.2, 0.25) is 0 Å². The van der Waals surface area contributed by atoms with Gasteiger partial charge in [0.15, 0.2) is 0 Å². The average Bonchev–Trinajstić information content (AvgIpc) is 2.78. The highest BCUT2D eigenvalue weighted by atomic mass is 16.5. The second-order valence-corrected chi connectivity index (χ2v) is 6.05. The second-order valence-electron chi connectivity index (χ2n) is 6.05. The molecule has 0 aliphatic carbocycles. The number of anilines is 1. The van der Waals surface area contributed by atoms with Crippen LogP contribution in [0.1, 0.15) is 49.2 Å². The minimum Gasteiger partial charge on any atom is -0.423 e. The van der Waals surface area contributed by atoms with E-state index in [1.54, 1.807) is 12.1 Å². The number of nitrogens with one attached hydrogen (secondary N) is 1. The predicted molar refractivity (Wildman–Crippen MR) is 98.6 cm³/mol. The Morgan fingerprint density at radius 2 is 1.83 bits per heavy atom. The van der Waals surface area contributed by atoms with E-state index in [0.717, 1.165) is 11.1 Å². The molecule has 0 unspecified atom stereocenters. The first-order valence-electron chi connectivity index (χ1n) is 8.26. The van der Waals surface area contributed by atoms with Gasteiger partial charge in [-0.2, -0.15) is 0 Å². The molecule has 0 spiro atoms. The number of aryl methyl sites for hydroxylation is 1. The molecule has 1 aliphatic heterocycles. The highest BCUT2D eigenvalue weighted by Crippen LogP contribution is 2.30. The zero-order valence-electron chi connectivity index (χ0n) is 14.9. The molecule has 24 heavy (non-hydrogen) atoms. The quantitative estimate of drug-likeness (QED) is 0.834. The van der Waals surface area contributed by atoms with E-state index >= 15 is 0 Å². The van der Waals surface area contributed by atoms with Gasteiger partial charge in [-0.1, -0.05) is 38.1 Å². The van der Waals surface area contributed by atoms with Gasteiger partial charge >= 0.3 is 7.12 Å². The first-order valence-corrected chi connectivity index (χ1v) is 8.26. The summed E-state index contributed by atoms with van der Waals surface area (Å²) < 4.78 is 5.53. The van der Waals surface area contributed by atoms with Gasteiger partial charge in [-0.15, -0.1) is 0 Å². The zero-order valence-corrected chi connectivity index (χ0v) is 14.9. The normalized spacial score (nSPS) is 14.5. The van der Waals surface area contributed by atoms with Crippen LogP contribution in [-0.2, 0) is 10.3 Å². The van der Waals surface area contributed by atoms with E-state index < -0.39 is 12.7 Å². The number of carbonyl (C=O) groups excluding carboxylic acids is 1. The van der Waals surface area contributed by atoms with E-state index in [2.05, 4.69) is 5.32 Å². The van der Waals surface area contributed by atoms with Gasteiger partial charge in [0.05, 0.1) is 5.60 Å². The third-order valence-corrected chi connectivity index (χ3v) is 4.02. The molecule has 2 aromatic rings. The molecule has 0 fully saturated rings. The van der Waals surface area contributed by atoms with Gasteiger partial charge in [0.1, 0.15) is 0 Å². The van der Waals surface area contributed by atoms with Gasteiger partial charge in [0.2, 0.25) is 0 Å². The molecule has 5 heteroatoms. The number of fused-ring (bicyclic) bond motifs is 1. The van der Waals surface area contributed by atoms with Gasteiger partial charge in [-0.3, -0.25) is 4.79 Å². The van der Waals surface area contributed by atoms with E-state index in [1.165, 1.54) is 0 Å². The van der Waals surface area contributed by atoms with Crippen molar-refractivity contribution in [3.05, 3.63) is 59.2 Å². The highest BCUT2D eigenvalue weighted by molar-refractivity contribution is 6.62. The summed E-state index contributed by atoms with van der Waals surface area (Å²) in [6.07, 6.45) is 0. The zero-order chi connectivity index (χ0) is 17.9. The van der Waals surface area contributed by atoms with E-state index in [-0.39, 0.29) is 5.91 Å². The van der Waals surface area contributed by atoms with Crippen LogP contribution in [0.25, 0.3) is 0 Å². The van der Waals surface area contributed by atoms with Crippen molar-refractivity contribution < 1.29 is 14.5 Å². The summed E-state index contributed by atoms with van der Waals surface area (Å²) in [6.45, 7) is 9.72. The Labute approximate surface area is 144 Å². The summed E-state index contributed by atoms with van der Waals surface area (Å²) in [6, 6.07) is 12.9. The molecule has 1 aliphatic rings. The molecule has 2 aromatic carbocycles. The molecule has 1 amide bonds. The molecule has 0 saturated heterocycles. The molecule has 4 nitrogen and oxygen atoms in total. The van der Waals surface area contributed by atoms with Crippen molar-refractivity contribution >= 4 is 24.2 Å². The summed E-state index contributed by atoms with van der Waals surface area (Å²) in [5.74, 6) is -0.161. The van der Waals surface area contributed by atoms with Gasteiger partial charge in [0.25, 0.3) is 5.91 Å². The third-order valence-electron chi connectivity index (χ3n) is 4.02. The minimum atomic E-state index is -0.958. The Morgan fingerprint density at radius 1 is 1.17 bits per heavy atom. The Kier molecular flexibility index (Phi) is 5.47. The largest absolute Gasteiger partial charge is 0.492 e. The summed E-state index contributed by atoms with van der Waals surface area (Å²) >= 11 is 0. The SMILES string of the molecule is CC.Cc1ccccc1C(=O)Nc1ccc2c(c1)B(O)OC2(C)C. The summed E-state index contributed by atoms with van der Waals surface area (Å²) in [4.78, 5) is 12.3. The van der Waals surface area contributed by atoms with E-state index in [0.29, 0.717) is 16.7 Å². The van der Waals surface area contributed by atoms with Gasteiger partial charge < -0.3 is 15.0 Å². The molecular weight excluding hydrogens is 301 g/mol. The molecule has 2 N–H and O–H groups in total. The molecule has 0 saturated carbocycles. The maximum Gasteiger partial charge on any atom is 0.492 e. The summed E-state index contributed by atoms with van der Waals surface area (Å²) in [5, 5.41) is 12.9. The lowest BCUT2D eigenvalue weighted by molar-refractivity contribution is 0.100. The number of benzene rings is 2. The van der Waals surface area contributed by atoms with Crippen LogP contribution in [0.3, 0.4) is 0 Å². The monoisotopic (exact) mass is 325 g/mol. The van der Waals surface area contributed by atoms with E-state index in [9.17, 15) is 9.82 Å². The van der Waals surface area contributed by atoms with Crippen molar-refractivity contribution in [1.82, 2.24) is 0 Å². The summed E-state index contributed by atoms with van der Waals surface area (Å²) in [5.41, 5.74) is 3.33. The molecule has 3 rings (SSSR count). The first kappa shape index (κ1) is 18.2. The maximum absolute atomic E-state index is 12.3. The molecule has 1 heterocycles. The van der Waals surface area contributed by atoms with Crippen LogP contribution < -0.4 is 10.8 Å². The van der Waals surface area contributed by atoms with Crippen molar-refractivity contribution in [3.8, 4) is 0 Å². The van der Waals surface area contributed by atoms with Crippen LogP contribution in [0.4, 0.5) is 5.69 Å². The third kappa shape index (κ3) is 3.52. The van der Waals surface area contributed by atoms with E-state index in [4.69, 9.17) is 4.65 Å². The lowest BCUT2D eigenvalue weighted by atomic mass is 9.78. The molecule has 0 radical (unpaired) electrons. The fraction of sp³-hybridized carbons (Fsp3) is 0.316. The lowest BCUT2D eigenvalue weighted by Gasteiger charge is -2.19. The van der Waals surface area contributed by atoms with E-state index in [1.807, 2.05) is 65.0 Å². The predicted octanol–water partition coefficient (Wildman–Crippen LogP) is 3.23. The van der Waals surface area contributed by atoms with Crippen molar-refractivity contribution in [3.63, 3.8) is 0 Å². The van der Waals surface area contributed by atoms with Crippen molar-refractivity contribution in [2.24, 2.45) is 0 Å². The summed E-state index contributed by atoms with van der Waals surface area (Å²) in [7, 11) is -0.958. The maximum atomic E-state index is 12.3. The first-order chi connectivity index (χ1) is 11.4. The van der Waals surface area contributed by atoms with Gasteiger partial charge in [-0.25, -0.2) is 0 Å². The standard InChI is InChI=1S/C17H18BNO3.C2H6/c1-11-6-4-5-7-13(11)16(20)19-12-8-9-14-15(10-12)18(21)22-17(14,2)3;1-2/h4-10,21H,1-3H3,(H,19,20);1-2H3. The number of hydrogen-bond acceptors (Lipinski definition) is 3. The number of carbonyl (C=O) groups is 1. The fourth-order valence-electron chi connectivity index (χ4n) is 2.83. The minimum absolute atomic E-state index is 0.161. The van der Waals surface area contributed by atoms with Crippen LogP contribution in [0.5, 0.6) is 0 Å². The molecule has 126 valence electrons. The Hall–Kier alpha value is -2.11. The lowest BCUT2D eigenvalue weighted by Crippen LogP contribution is -2.29. The Morgan fingerprint density at radius 3 is 2.50 bits per heavy atom. The highest BCUT2D eigenvalue weighted by Gasteiger charge is 2.40. The topological polar surface area (TPSA) is 58.6 Å². The smallest absolute Gasteiger partial charge is 0.423 e. The fourth-order valence-corrected chi connectivity index (χ4v) is 2.83. The molecule has 0 aromatic heterocycles. The number of hydrogen-bond donors (Lipinski definition) is 2. The Bertz CT molecular complexity index is 743. The second kappa shape index (κ2) is 7.20. The van der Waals surface area contributed by atoms with Crippen LogP contribution in [-0.4, -0.2) is 18.0 Å². The van der Waals surface area contributed by atoms with Crippen LogP contribution in [0, 0.1) is 6.92 Å². The van der Waals surface area contributed by atoms with Crippen molar-refractivity contribution in [2.75, 3.05) is 5.32 Å². The van der Waals surface area contributed by atoms with Gasteiger partial charge in [0, 0.05) is 11.3 Å². The molecular formula is C19H24BNO3. The van der Waals surface area contributed by atoms with Crippen LogP contribution in [0.15, 0.2) is 42.5 Å². The molecule has 0 atom stereocenters. The van der Waals surface area contributed by atoms with Crippen molar-refractivity contribution in [2.45, 2.75) is 40.2 Å². The average molecular weight is 325 g/mol. The van der Waals surface area contributed by atoms with Gasteiger partial charge in [-0.05, 0) is 55.6 Å². The number of amides is 1. The molecule has 0 bridgehead atoms. The number of rotatable bonds is 2. The van der Waals surface area contributed by atoms with Crippen molar-refractivity contribution in [1.29, 1.82) is 0 Å².